The van der Waals surface area contributed by atoms with Crippen molar-refractivity contribution in [1.82, 2.24) is 0 Å². The average molecular weight is 839 g/mol. The first kappa shape index (κ1) is 39.0. The molecule has 4 nitrogen and oxygen atoms in total. The summed E-state index contributed by atoms with van der Waals surface area (Å²) in [5.41, 5.74) is 13.7. The second kappa shape index (κ2) is 15.8. The zero-order valence-corrected chi connectivity index (χ0v) is 36.7. The van der Waals surface area contributed by atoms with Gasteiger partial charge in [-0.25, -0.2) is 0 Å². The molecule has 0 amide bonds. The fourth-order valence-electron chi connectivity index (χ4n) is 10.6. The third-order valence-corrected chi connectivity index (χ3v) is 16.8. The summed E-state index contributed by atoms with van der Waals surface area (Å²) in [5.74, 6) is 2.39. The maximum Gasteiger partial charge on any atom is 0.172 e. The van der Waals surface area contributed by atoms with Gasteiger partial charge in [-0.2, -0.15) is 0 Å². The van der Waals surface area contributed by atoms with E-state index in [4.69, 9.17) is 14.2 Å². The van der Waals surface area contributed by atoms with E-state index in [2.05, 4.69) is 158 Å². The van der Waals surface area contributed by atoms with Crippen molar-refractivity contribution < 1.29 is 18.8 Å². The second-order valence-electron chi connectivity index (χ2n) is 16.7. The Balaban J connectivity index is 1.26. The molecule has 0 spiro atoms. The zero-order chi connectivity index (χ0) is 42.7. The zero-order valence-electron chi connectivity index (χ0n) is 35.8. The highest BCUT2D eigenvalue weighted by Crippen LogP contribution is 2.54. The molecule has 0 radical (unpaired) electrons. The lowest BCUT2D eigenvalue weighted by Crippen LogP contribution is -2.34. The highest BCUT2D eigenvalue weighted by atomic mass is 31.2. The Morgan fingerprint density at radius 3 is 1.41 bits per heavy atom. The number of hydrogen-bond acceptors (Lipinski definition) is 4. The predicted molar refractivity (Wildman–Crippen MR) is 260 cm³/mol. The molecule has 0 aromatic heterocycles. The normalized spacial score (nSPS) is 12.5. The fraction of sp³-hybridized carbons (Fsp3) is 0.138. The maximum absolute atomic E-state index is 18.3. The quantitative estimate of drug-likeness (QED) is 0.122. The van der Waals surface area contributed by atoms with Gasteiger partial charge in [0.05, 0.1) is 20.8 Å². The number of rotatable bonds is 11. The van der Waals surface area contributed by atoms with Crippen molar-refractivity contribution in [3.05, 3.63) is 214 Å². The van der Waals surface area contributed by atoms with Gasteiger partial charge >= 0.3 is 0 Å². The summed E-state index contributed by atoms with van der Waals surface area (Å²) in [6, 6.07) is 60.0. The van der Waals surface area contributed by atoms with Gasteiger partial charge < -0.3 is 18.8 Å². The maximum atomic E-state index is 18.3. The van der Waals surface area contributed by atoms with E-state index >= 15 is 4.57 Å². The molecule has 0 heterocycles. The number of methoxy groups -OCH3 is 2. The van der Waals surface area contributed by atoms with E-state index in [9.17, 15) is 0 Å². The van der Waals surface area contributed by atoms with Gasteiger partial charge in [0.15, 0.2) is 7.14 Å². The van der Waals surface area contributed by atoms with Crippen LogP contribution in [0.1, 0.15) is 51.4 Å². The van der Waals surface area contributed by atoms with Gasteiger partial charge in [-0.1, -0.05) is 133 Å². The van der Waals surface area contributed by atoms with Gasteiger partial charge in [0.25, 0.3) is 0 Å². The van der Waals surface area contributed by atoms with Gasteiger partial charge in [0, 0.05) is 39.9 Å². The first-order chi connectivity index (χ1) is 31.0. The van der Waals surface area contributed by atoms with Crippen LogP contribution >= 0.6 is 7.14 Å². The topological polar surface area (TPSA) is 44.8 Å². The number of fused-ring (bicyclic) bond motifs is 8. The monoisotopic (exact) mass is 838 g/mol. The predicted octanol–water partition coefficient (Wildman–Crippen LogP) is 12.4. The molecule has 0 fully saturated rings. The van der Waals surface area contributed by atoms with E-state index in [0.717, 1.165) is 99.2 Å². The van der Waals surface area contributed by atoms with Crippen LogP contribution in [-0.2, 0) is 30.2 Å². The molecule has 0 bridgehead atoms. The van der Waals surface area contributed by atoms with Crippen LogP contribution in [0.25, 0.3) is 43.8 Å². The van der Waals surface area contributed by atoms with Crippen molar-refractivity contribution >= 4 is 44.6 Å². The third-order valence-electron chi connectivity index (χ3n) is 13.4. The van der Waals surface area contributed by atoms with Gasteiger partial charge in [-0.15, -0.1) is 0 Å². The van der Waals surface area contributed by atoms with Crippen molar-refractivity contribution in [2.45, 2.75) is 32.6 Å². The minimum atomic E-state index is -3.81. The SMILES string of the molecule is CCOc1ccc(P(=O)(c2c(Cc3c(OC)ccc4ccccc34)ccc3c2Cc2ccccc2-3)c2c(Cc3c(OC)ccc4ccccc34)ccc3c2Cc2ccccc2-3)cc1. The molecule has 0 aliphatic heterocycles. The molecule has 2 aliphatic carbocycles. The molecule has 0 saturated carbocycles. The summed E-state index contributed by atoms with van der Waals surface area (Å²) in [4.78, 5) is 0. The minimum Gasteiger partial charge on any atom is -0.496 e. The lowest BCUT2D eigenvalue weighted by atomic mass is 9.94. The van der Waals surface area contributed by atoms with E-state index in [-0.39, 0.29) is 0 Å². The van der Waals surface area contributed by atoms with E-state index in [1.807, 2.05) is 19.1 Å². The van der Waals surface area contributed by atoms with Crippen LogP contribution < -0.4 is 30.1 Å². The highest BCUT2D eigenvalue weighted by molar-refractivity contribution is 7.85. The van der Waals surface area contributed by atoms with Crippen LogP contribution in [-0.4, -0.2) is 20.8 Å². The number of hydrogen-bond donors (Lipinski definition) is 0. The third kappa shape index (κ3) is 6.38. The number of benzene rings is 9. The molecular weight excluding hydrogens is 792 g/mol. The van der Waals surface area contributed by atoms with Crippen molar-refractivity contribution in [2.75, 3.05) is 20.8 Å². The van der Waals surface area contributed by atoms with Crippen LogP contribution in [0, 0.1) is 0 Å². The Morgan fingerprint density at radius 1 is 0.476 bits per heavy atom. The molecule has 9 aromatic carbocycles. The molecule has 0 saturated heterocycles. The molecule has 0 N–H and O–H groups in total. The summed E-state index contributed by atoms with van der Waals surface area (Å²) in [5, 5.41) is 7.17. The summed E-state index contributed by atoms with van der Waals surface area (Å²) in [7, 11) is -0.314. The standard InChI is InChI=1S/C58H47O4P/c1-4-62-43-25-27-44(28-26-43)63(59,57-41(21-29-49-47-19-11-7-15-39(47)33-53(49)57)35-51-45-17-9-5-13-37(45)23-31-55(51)60-2)58-42(22-30-50-48-20-12-8-16-40(48)34-54(50)58)36-52-46-18-10-6-14-38(46)24-32-56(52)61-3/h5-32H,4,33-36H2,1-3H3. The fourth-order valence-corrected chi connectivity index (χ4v) is 14.2. The molecule has 308 valence electrons. The van der Waals surface area contributed by atoms with E-state index in [1.54, 1.807) is 14.2 Å². The lowest BCUT2D eigenvalue weighted by Gasteiger charge is -2.30. The Kier molecular flexibility index (Phi) is 9.78. The van der Waals surface area contributed by atoms with E-state index in [1.165, 1.54) is 22.3 Å². The molecule has 63 heavy (non-hydrogen) atoms. The molecule has 0 unspecified atom stereocenters. The van der Waals surface area contributed by atoms with Gasteiger partial charge in [0.2, 0.25) is 0 Å². The van der Waals surface area contributed by atoms with Gasteiger partial charge in [0.1, 0.15) is 17.2 Å². The first-order valence-corrected chi connectivity index (χ1v) is 23.6. The molecule has 5 heteroatoms. The molecule has 2 aliphatic rings. The van der Waals surface area contributed by atoms with Crippen LogP contribution in [0.2, 0.25) is 0 Å². The Labute approximate surface area is 369 Å². The molecule has 11 rings (SSSR count). The summed E-state index contributed by atoms with van der Waals surface area (Å²) >= 11 is 0. The largest absolute Gasteiger partial charge is 0.496 e. The first-order valence-electron chi connectivity index (χ1n) is 21.9. The average Bonchev–Trinajstić information content (AvgIpc) is 3.90. The molecular formula is C58H47O4P. The lowest BCUT2D eigenvalue weighted by molar-refractivity contribution is 0.340. The highest BCUT2D eigenvalue weighted by Gasteiger charge is 2.42. The van der Waals surface area contributed by atoms with Crippen molar-refractivity contribution in [1.29, 1.82) is 0 Å². The summed E-state index contributed by atoms with van der Waals surface area (Å²) in [6.07, 6.45) is 2.44. The Bertz CT molecular complexity index is 3120. The van der Waals surface area contributed by atoms with Crippen LogP contribution in [0.3, 0.4) is 0 Å². The summed E-state index contributed by atoms with van der Waals surface area (Å²) in [6.45, 7) is 2.54. The Morgan fingerprint density at radius 2 is 0.937 bits per heavy atom. The van der Waals surface area contributed by atoms with Crippen molar-refractivity contribution in [2.24, 2.45) is 0 Å². The van der Waals surface area contributed by atoms with Crippen molar-refractivity contribution in [3.8, 4) is 39.5 Å². The van der Waals surface area contributed by atoms with Gasteiger partial charge in [-0.3, -0.25) is 0 Å². The molecule has 0 atom stereocenters. The van der Waals surface area contributed by atoms with E-state index < -0.39 is 7.14 Å². The second-order valence-corrected chi connectivity index (χ2v) is 19.3. The van der Waals surface area contributed by atoms with Crippen molar-refractivity contribution in [3.63, 3.8) is 0 Å². The number of ether oxygens (including phenoxy) is 3. The van der Waals surface area contributed by atoms with Crippen LogP contribution in [0.15, 0.2) is 170 Å². The van der Waals surface area contributed by atoms with Crippen LogP contribution in [0.5, 0.6) is 17.2 Å². The van der Waals surface area contributed by atoms with Crippen LogP contribution in [0.4, 0.5) is 0 Å². The summed E-state index contributed by atoms with van der Waals surface area (Å²) < 4.78 is 36.6. The van der Waals surface area contributed by atoms with Gasteiger partial charge in [-0.05, 0) is 133 Å². The Hall–Kier alpha value is -6.87. The molecule has 9 aromatic rings. The smallest absolute Gasteiger partial charge is 0.172 e. The van der Waals surface area contributed by atoms with E-state index in [0.29, 0.717) is 32.3 Å². The minimum absolute atomic E-state index is 0.534.